The Balaban J connectivity index is 0.957. The molecule has 0 saturated carbocycles. The summed E-state index contributed by atoms with van der Waals surface area (Å²) in [6.07, 6.45) is 0. The minimum atomic E-state index is 0.601. The first kappa shape index (κ1) is 36.0. The highest BCUT2D eigenvalue weighted by molar-refractivity contribution is 6.23. The smallest absolute Gasteiger partial charge is 0.164 e. The number of pyridine rings is 1. The summed E-state index contributed by atoms with van der Waals surface area (Å²) in [6.45, 7) is 0. The van der Waals surface area contributed by atoms with E-state index in [4.69, 9.17) is 24.4 Å². The van der Waals surface area contributed by atoms with E-state index in [1.807, 2.05) is 54.6 Å². The quantitative estimate of drug-likeness (QED) is 0.156. The molecule has 13 rings (SSSR count). The molecule has 0 radical (unpaired) electrons. The Morgan fingerprint density at radius 1 is 0.359 bits per heavy atom. The van der Waals surface area contributed by atoms with Gasteiger partial charge in [0.1, 0.15) is 11.2 Å². The number of rotatable bonds is 6. The lowest BCUT2D eigenvalue weighted by molar-refractivity contribution is 0.669. The lowest BCUT2D eigenvalue weighted by Crippen LogP contribution is -2.01. The summed E-state index contributed by atoms with van der Waals surface area (Å²) >= 11 is 0. The van der Waals surface area contributed by atoms with E-state index in [-0.39, 0.29) is 0 Å². The van der Waals surface area contributed by atoms with Crippen LogP contribution < -0.4 is 0 Å². The van der Waals surface area contributed by atoms with E-state index in [9.17, 15) is 0 Å². The second-order valence-electron chi connectivity index (χ2n) is 16.2. The Morgan fingerprint density at radius 2 is 0.906 bits per heavy atom. The van der Waals surface area contributed by atoms with Gasteiger partial charge in [-0.15, -0.1) is 0 Å². The Bertz CT molecular complexity index is 3930. The number of aromatic nitrogens is 5. The van der Waals surface area contributed by atoms with E-state index in [2.05, 4.69) is 162 Å². The summed E-state index contributed by atoms with van der Waals surface area (Å²) in [5.41, 5.74) is 12.9. The molecule has 0 fully saturated rings. The monoisotopic (exact) mass is 817 g/mol. The molecule has 0 N–H and O–H groups in total. The van der Waals surface area contributed by atoms with E-state index in [1.165, 1.54) is 5.39 Å². The van der Waals surface area contributed by atoms with Crippen LogP contribution in [0.25, 0.3) is 128 Å². The highest BCUT2D eigenvalue weighted by Crippen LogP contribution is 2.43. The Morgan fingerprint density at radius 3 is 1.62 bits per heavy atom. The van der Waals surface area contributed by atoms with Crippen molar-refractivity contribution < 1.29 is 4.42 Å². The van der Waals surface area contributed by atoms with Crippen molar-refractivity contribution in [3.05, 3.63) is 212 Å². The van der Waals surface area contributed by atoms with Gasteiger partial charge in [0.25, 0.3) is 0 Å². The van der Waals surface area contributed by atoms with Gasteiger partial charge in [-0.25, -0.2) is 19.9 Å². The van der Waals surface area contributed by atoms with Gasteiger partial charge in [0.15, 0.2) is 17.5 Å². The molecule has 6 nitrogen and oxygen atoms in total. The normalized spacial score (nSPS) is 11.8. The van der Waals surface area contributed by atoms with Crippen LogP contribution in [0.5, 0.6) is 0 Å². The second-order valence-corrected chi connectivity index (χ2v) is 16.2. The van der Waals surface area contributed by atoms with Crippen LogP contribution in [0, 0.1) is 0 Å². The SMILES string of the molecule is c1ccc(-c2nc(-c3ccc(-c4cccc5oc6ccccc6c45)cc3)nc(-c3ccc(-n4c5ccccc5c5c(-c6ccccc6)nc6cc7ccccc7cc6c54)cc3)n2)cc1. The number of benzene rings is 9. The zero-order valence-electron chi connectivity index (χ0n) is 34.4. The first-order valence-electron chi connectivity index (χ1n) is 21.5. The zero-order valence-corrected chi connectivity index (χ0v) is 34.4. The van der Waals surface area contributed by atoms with Crippen LogP contribution in [0.3, 0.4) is 0 Å². The van der Waals surface area contributed by atoms with Crippen LogP contribution in [0.1, 0.15) is 0 Å². The number of para-hydroxylation sites is 2. The molecule has 298 valence electrons. The molecule has 0 spiro atoms. The summed E-state index contributed by atoms with van der Waals surface area (Å²) in [4.78, 5) is 20.7. The molecule has 0 atom stereocenters. The number of nitrogens with zero attached hydrogens (tertiary/aromatic N) is 5. The summed E-state index contributed by atoms with van der Waals surface area (Å²) in [6, 6.07) is 73.9. The van der Waals surface area contributed by atoms with Gasteiger partial charge in [0.2, 0.25) is 0 Å². The molecule has 0 aliphatic carbocycles. The lowest BCUT2D eigenvalue weighted by atomic mass is 9.98. The summed E-state index contributed by atoms with van der Waals surface area (Å²) < 4.78 is 8.60. The van der Waals surface area contributed by atoms with Crippen molar-refractivity contribution >= 4 is 65.4 Å². The molecule has 0 saturated heterocycles. The Labute approximate surface area is 367 Å². The number of furan rings is 1. The van der Waals surface area contributed by atoms with Crippen molar-refractivity contribution in [3.63, 3.8) is 0 Å². The maximum Gasteiger partial charge on any atom is 0.164 e. The fraction of sp³-hybridized carbons (Fsp3) is 0. The van der Waals surface area contributed by atoms with Crippen LogP contribution in [-0.2, 0) is 0 Å². The molecule has 0 unspecified atom stereocenters. The van der Waals surface area contributed by atoms with Crippen molar-refractivity contribution in [2.24, 2.45) is 0 Å². The van der Waals surface area contributed by atoms with E-state index in [0.717, 1.165) is 105 Å². The number of fused-ring (bicyclic) bond motifs is 9. The van der Waals surface area contributed by atoms with Crippen LogP contribution in [0.4, 0.5) is 0 Å². The standard InChI is InChI=1S/C58H35N5O/c1-3-14-37(15-4-1)54-53-45-20-9-11-23-49(45)63(55(53)47-34-41-18-7-8-19-42(41)35-48(47)59-54)43-32-30-40(31-33-43)58-61-56(38-16-5-2-6-17-38)60-57(62-58)39-28-26-36(27-29-39)44-22-13-25-51-52(44)46-21-10-12-24-50(46)64-51/h1-35H. The Hall–Kier alpha value is -8.74. The fourth-order valence-corrected chi connectivity index (χ4v) is 9.42. The summed E-state index contributed by atoms with van der Waals surface area (Å²) in [5, 5.41) is 7.93. The molecule has 0 aliphatic heterocycles. The zero-order chi connectivity index (χ0) is 42.1. The van der Waals surface area contributed by atoms with Gasteiger partial charge in [-0.2, -0.15) is 0 Å². The molecule has 4 aromatic heterocycles. The molecule has 64 heavy (non-hydrogen) atoms. The third-order valence-corrected chi connectivity index (χ3v) is 12.4. The molecule has 9 aromatic carbocycles. The van der Waals surface area contributed by atoms with Gasteiger partial charge in [-0.05, 0) is 76.5 Å². The van der Waals surface area contributed by atoms with Gasteiger partial charge in [0, 0.05) is 54.9 Å². The number of hydrogen-bond donors (Lipinski definition) is 0. The highest BCUT2D eigenvalue weighted by Gasteiger charge is 2.22. The third-order valence-electron chi connectivity index (χ3n) is 12.4. The van der Waals surface area contributed by atoms with E-state index in [1.54, 1.807) is 0 Å². The molecule has 6 heteroatoms. The van der Waals surface area contributed by atoms with Gasteiger partial charge >= 0.3 is 0 Å². The summed E-state index contributed by atoms with van der Waals surface area (Å²) in [7, 11) is 0. The largest absolute Gasteiger partial charge is 0.456 e. The van der Waals surface area contributed by atoms with Crippen LogP contribution in [0.15, 0.2) is 217 Å². The van der Waals surface area contributed by atoms with E-state index in [0.29, 0.717) is 17.5 Å². The van der Waals surface area contributed by atoms with E-state index < -0.39 is 0 Å². The predicted molar refractivity (Wildman–Crippen MR) is 261 cm³/mol. The van der Waals surface area contributed by atoms with Crippen molar-refractivity contribution in [1.82, 2.24) is 24.5 Å². The lowest BCUT2D eigenvalue weighted by Gasteiger charge is -2.13. The minimum Gasteiger partial charge on any atom is -0.456 e. The van der Waals surface area contributed by atoms with Crippen molar-refractivity contribution in [1.29, 1.82) is 0 Å². The second kappa shape index (κ2) is 14.4. The average molecular weight is 818 g/mol. The predicted octanol–water partition coefficient (Wildman–Crippen LogP) is 14.9. The fourth-order valence-electron chi connectivity index (χ4n) is 9.42. The maximum absolute atomic E-state index is 6.21. The van der Waals surface area contributed by atoms with Crippen molar-refractivity contribution in [2.45, 2.75) is 0 Å². The molecule has 4 heterocycles. The molecule has 0 bridgehead atoms. The molecular weight excluding hydrogens is 783 g/mol. The van der Waals surface area contributed by atoms with Gasteiger partial charge in [0.05, 0.1) is 22.2 Å². The first-order chi connectivity index (χ1) is 31.7. The van der Waals surface area contributed by atoms with Gasteiger partial charge in [-0.3, -0.25) is 0 Å². The topological polar surface area (TPSA) is 69.6 Å². The van der Waals surface area contributed by atoms with E-state index >= 15 is 0 Å². The van der Waals surface area contributed by atoms with Crippen molar-refractivity contribution in [2.75, 3.05) is 0 Å². The van der Waals surface area contributed by atoms with Crippen LogP contribution >= 0.6 is 0 Å². The summed E-state index contributed by atoms with van der Waals surface area (Å²) in [5.74, 6) is 1.82. The molecule has 0 aliphatic rings. The molecule has 13 aromatic rings. The van der Waals surface area contributed by atoms with Crippen LogP contribution in [0.2, 0.25) is 0 Å². The molecule has 0 amide bonds. The maximum atomic E-state index is 6.21. The number of hydrogen-bond acceptors (Lipinski definition) is 5. The van der Waals surface area contributed by atoms with Crippen molar-refractivity contribution in [3.8, 4) is 62.2 Å². The van der Waals surface area contributed by atoms with Crippen LogP contribution in [-0.4, -0.2) is 24.5 Å². The van der Waals surface area contributed by atoms with Gasteiger partial charge in [-0.1, -0.05) is 158 Å². The molecular formula is C58H35N5O. The van der Waals surface area contributed by atoms with Gasteiger partial charge < -0.3 is 8.98 Å². The minimum absolute atomic E-state index is 0.601. The first-order valence-corrected chi connectivity index (χ1v) is 21.5. The average Bonchev–Trinajstić information content (AvgIpc) is 3.93. The highest BCUT2D eigenvalue weighted by atomic mass is 16.3. The third kappa shape index (κ3) is 5.81. The Kier molecular flexibility index (Phi) is 8.11.